The van der Waals surface area contributed by atoms with Gasteiger partial charge in [-0.3, -0.25) is 19.4 Å². The van der Waals surface area contributed by atoms with Crippen LogP contribution in [0.25, 0.3) is 0 Å². The molecule has 2 spiro atoms. The lowest BCUT2D eigenvalue weighted by Crippen LogP contribution is -2.50. The van der Waals surface area contributed by atoms with E-state index in [1.165, 1.54) is 0 Å². The number of fused-ring (bicyclic) bond motifs is 3. The number of anilines is 2. The topological polar surface area (TPSA) is 104 Å². The number of benzene rings is 2. The zero-order valence-corrected chi connectivity index (χ0v) is 23.3. The van der Waals surface area contributed by atoms with Gasteiger partial charge in [0, 0.05) is 23.0 Å². The van der Waals surface area contributed by atoms with Crippen molar-refractivity contribution in [3.8, 4) is 0 Å². The quantitative estimate of drug-likeness (QED) is 0.461. The molecule has 3 amide bonds. The lowest BCUT2D eigenvalue weighted by Gasteiger charge is -2.35. The van der Waals surface area contributed by atoms with Crippen molar-refractivity contribution < 1.29 is 14.4 Å². The van der Waals surface area contributed by atoms with E-state index < -0.39 is 11.1 Å². The number of aliphatic imine (C=N–C) groups is 1. The molecule has 1 saturated carbocycles. The summed E-state index contributed by atoms with van der Waals surface area (Å²) in [6, 6.07) is 16.8. The van der Waals surface area contributed by atoms with Crippen molar-refractivity contribution in [2.75, 3.05) is 17.2 Å². The van der Waals surface area contributed by atoms with E-state index in [9.17, 15) is 14.4 Å². The minimum atomic E-state index is -0.735. The van der Waals surface area contributed by atoms with E-state index in [0.717, 1.165) is 55.2 Å². The summed E-state index contributed by atoms with van der Waals surface area (Å²) in [7, 11) is 0. The summed E-state index contributed by atoms with van der Waals surface area (Å²) in [6.07, 6.45) is 8.32. The number of aromatic nitrogens is 1. The monoisotopic (exact) mass is 567 g/mol. The largest absolute Gasteiger partial charge is 0.325 e. The highest BCUT2D eigenvalue weighted by Gasteiger charge is 2.51. The molecule has 2 aromatic carbocycles. The van der Waals surface area contributed by atoms with Crippen LogP contribution in [-0.4, -0.2) is 45.5 Å². The van der Waals surface area contributed by atoms with E-state index in [0.29, 0.717) is 40.6 Å². The van der Waals surface area contributed by atoms with Crippen molar-refractivity contribution in [1.82, 2.24) is 9.88 Å². The molecular weight excluding hydrogens is 538 g/mol. The van der Waals surface area contributed by atoms with Crippen LogP contribution in [0.5, 0.6) is 0 Å². The fourth-order valence-corrected chi connectivity index (χ4v) is 7.27. The van der Waals surface area contributed by atoms with Gasteiger partial charge in [0.15, 0.2) is 0 Å². The van der Waals surface area contributed by atoms with Crippen LogP contribution in [0, 0.1) is 0 Å². The van der Waals surface area contributed by atoms with Crippen LogP contribution in [0.1, 0.15) is 60.8 Å². The first-order chi connectivity index (χ1) is 19.9. The summed E-state index contributed by atoms with van der Waals surface area (Å²) in [5, 5.41) is 6.41. The molecule has 0 bridgehead atoms. The Bertz CT molecular complexity index is 1630. The molecule has 8 nitrogen and oxygen atoms in total. The smallest absolute Gasteiger partial charge is 0.275 e. The maximum Gasteiger partial charge on any atom is 0.275 e. The van der Waals surface area contributed by atoms with Gasteiger partial charge in [0.2, 0.25) is 11.8 Å². The van der Waals surface area contributed by atoms with Gasteiger partial charge >= 0.3 is 0 Å². The van der Waals surface area contributed by atoms with Gasteiger partial charge in [-0.15, -0.1) is 0 Å². The number of hydrogen-bond acceptors (Lipinski definition) is 5. The normalized spacial score (nSPS) is 22.4. The number of pyridine rings is 1. The van der Waals surface area contributed by atoms with E-state index in [4.69, 9.17) is 16.6 Å². The van der Waals surface area contributed by atoms with Crippen LogP contribution in [0.15, 0.2) is 65.8 Å². The third-order valence-corrected chi connectivity index (χ3v) is 9.40. The Hall–Kier alpha value is -4.04. The van der Waals surface area contributed by atoms with Gasteiger partial charge in [0.1, 0.15) is 23.7 Å². The van der Waals surface area contributed by atoms with E-state index in [-0.39, 0.29) is 24.3 Å². The predicted octanol–water partition coefficient (Wildman–Crippen LogP) is 5.04. The summed E-state index contributed by atoms with van der Waals surface area (Å²) in [4.78, 5) is 51.3. The predicted molar refractivity (Wildman–Crippen MR) is 157 cm³/mol. The average molecular weight is 568 g/mol. The number of hydrogen-bond donors (Lipinski definition) is 2. The molecule has 3 heterocycles. The summed E-state index contributed by atoms with van der Waals surface area (Å²) in [6.45, 7) is -0.0985. The molecule has 3 aromatic rings. The van der Waals surface area contributed by atoms with Crippen molar-refractivity contribution >= 4 is 46.5 Å². The second-order valence-corrected chi connectivity index (χ2v) is 12.0. The molecule has 1 atom stereocenters. The maximum absolute atomic E-state index is 13.8. The molecule has 1 fully saturated rings. The first kappa shape index (κ1) is 25.9. The van der Waals surface area contributed by atoms with Crippen molar-refractivity contribution in [1.29, 1.82) is 0 Å². The molecule has 9 heteroatoms. The number of carbonyl (C=O) groups excluding carboxylic acids is 3. The molecule has 1 aromatic heterocycles. The van der Waals surface area contributed by atoms with Gasteiger partial charge in [-0.05, 0) is 73.9 Å². The molecule has 0 saturated heterocycles. The Morgan fingerprint density at radius 2 is 1.76 bits per heavy atom. The summed E-state index contributed by atoms with van der Waals surface area (Å²) >= 11 is 6.46. The molecule has 0 radical (unpaired) electrons. The first-order valence-electron chi connectivity index (χ1n) is 14.2. The second kappa shape index (κ2) is 9.80. The van der Waals surface area contributed by atoms with E-state index >= 15 is 0 Å². The fourth-order valence-electron chi connectivity index (χ4n) is 7.05. The van der Waals surface area contributed by atoms with Gasteiger partial charge in [-0.2, -0.15) is 0 Å². The Kier molecular flexibility index (Phi) is 6.19. The molecule has 2 aliphatic carbocycles. The highest BCUT2D eigenvalue weighted by molar-refractivity contribution is 6.50. The maximum atomic E-state index is 13.8. The molecule has 2 N–H and O–H groups in total. The summed E-state index contributed by atoms with van der Waals surface area (Å²) < 4.78 is 0. The zero-order chi connectivity index (χ0) is 28.2. The third kappa shape index (κ3) is 4.23. The third-order valence-electron chi connectivity index (χ3n) is 9.07. The summed E-state index contributed by atoms with van der Waals surface area (Å²) in [5.74, 6) is 0.0486. The van der Waals surface area contributed by atoms with Crippen molar-refractivity contribution in [2.24, 2.45) is 4.99 Å². The van der Waals surface area contributed by atoms with Gasteiger partial charge in [0.05, 0.1) is 10.4 Å². The minimum absolute atomic E-state index is 0.0384. The Morgan fingerprint density at radius 1 is 0.976 bits per heavy atom. The van der Waals surface area contributed by atoms with Crippen molar-refractivity contribution in [3.63, 3.8) is 0 Å². The molecule has 7 rings (SSSR count). The Morgan fingerprint density at radius 3 is 2.56 bits per heavy atom. The number of rotatable bonds is 4. The number of nitrogens with one attached hydrogen (secondary N) is 2. The van der Waals surface area contributed by atoms with Crippen LogP contribution in [-0.2, 0) is 32.6 Å². The number of carbonyl (C=O) groups is 3. The van der Waals surface area contributed by atoms with E-state index in [2.05, 4.69) is 15.6 Å². The lowest BCUT2D eigenvalue weighted by atomic mass is 9.79. The number of nitrogens with zero attached hydrogens (tertiary/aromatic N) is 3. The lowest BCUT2D eigenvalue weighted by molar-refractivity contribution is -0.133. The van der Waals surface area contributed by atoms with Crippen LogP contribution in [0.3, 0.4) is 0 Å². The van der Waals surface area contributed by atoms with Gasteiger partial charge in [-0.1, -0.05) is 54.8 Å². The highest BCUT2D eigenvalue weighted by atomic mass is 35.5. The van der Waals surface area contributed by atoms with Crippen molar-refractivity contribution in [2.45, 2.75) is 62.4 Å². The molecule has 2 aliphatic heterocycles. The van der Waals surface area contributed by atoms with Crippen LogP contribution in [0.4, 0.5) is 11.5 Å². The van der Waals surface area contributed by atoms with E-state index in [1.807, 2.05) is 48.5 Å². The Labute approximate surface area is 243 Å². The standard InChI is InChI=1S/C32H30ClN5O3/c33-25-10-4-3-8-23(25)27-29(40)38(32(37-27)13-5-1-2-6-14-32)19-26(39)35-22-12-11-20-17-31(18-21(20)16-22)24-9-7-15-34-28(24)36-30(31)41/h3-4,7-12,15-16H,1-2,5-6,13-14,17-19H2,(H,35,39)(H,34,36,41). The minimum Gasteiger partial charge on any atom is -0.325 e. The zero-order valence-electron chi connectivity index (χ0n) is 22.6. The molecule has 4 aliphatic rings. The van der Waals surface area contributed by atoms with Gasteiger partial charge in [-0.25, -0.2) is 4.98 Å². The van der Waals surface area contributed by atoms with Crippen LogP contribution in [0.2, 0.25) is 5.02 Å². The molecule has 208 valence electrons. The van der Waals surface area contributed by atoms with Crippen LogP contribution < -0.4 is 10.6 Å². The fraction of sp³-hybridized carbons (Fsp3) is 0.344. The van der Waals surface area contributed by atoms with E-state index in [1.54, 1.807) is 17.2 Å². The molecule has 41 heavy (non-hydrogen) atoms. The highest BCUT2D eigenvalue weighted by Crippen LogP contribution is 2.47. The number of halogens is 1. The van der Waals surface area contributed by atoms with Gasteiger partial charge < -0.3 is 15.5 Å². The first-order valence-corrected chi connectivity index (χ1v) is 14.6. The Balaban J connectivity index is 1.12. The summed E-state index contributed by atoms with van der Waals surface area (Å²) in [5.41, 5.74) is 3.20. The molecule has 1 unspecified atom stereocenters. The van der Waals surface area contributed by atoms with Crippen molar-refractivity contribution in [3.05, 3.63) is 88.1 Å². The van der Waals surface area contributed by atoms with Crippen LogP contribution >= 0.6 is 11.6 Å². The molecular formula is C32H30ClN5O3. The second-order valence-electron chi connectivity index (χ2n) is 11.5. The number of amides is 3. The average Bonchev–Trinajstić information content (AvgIpc) is 3.48. The van der Waals surface area contributed by atoms with Gasteiger partial charge in [0.25, 0.3) is 5.91 Å². The SMILES string of the molecule is O=C(CN1C(=O)C(c2ccccc2Cl)=NC12CCCCCC2)Nc1ccc2c(c1)CC1(C2)C(=O)Nc2ncccc21.